The first kappa shape index (κ1) is 11.1. The normalized spacial score (nSPS) is 12.9. The SMILES string of the molecule is [CH]C(C)Oc1ccc(C(C)CC)cc1. The topological polar surface area (TPSA) is 9.23 Å². The summed E-state index contributed by atoms with van der Waals surface area (Å²) in [6.45, 7) is 11.8. The van der Waals surface area contributed by atoms with Crippen LogP contribution >= 0.6 is 0 Å². The lowest BCUT2D eigenvalue weighted by molar-refractivity contribution is 0.267. The molecule has 0 aliphatic rings. The molecule has 0 spiro atoms. The molecule has 0 fully saturated rings. The minimum Gasteiger partial charge on any atom is -0.490 e. The molecule has 0 aliphatic heterocycles. The Morgan fingerprint density at radius 2 is 1.79 bits per heavy atom. The molecule has 0 saturated heterocycles. The zero-order chi connectivity index (χ0) is 10.6. The van der Waals surface area contributed by atoms with Gasteiger partial charge in [-0.05, 0) is 37.0 Å². The second-order valence-electron chi connectivity index (χ2n) is 3.70. The maximum absolute atomic E-state index is 5.53. The van der Waals surface area contributed by atoms with E-state index in [1.807, 2.05) is 19.1 Å². The van der Waals surface area contributed by atoms with E-state index in [2.05, 4.69) is 26.0 Å². The highest BCUT2D eigenvalue weighted by atomic mass is 16.5. The Morgan fingerprint density at radius 1 is 1.21 bits per heavy atom. The molecule has 0 aromatic heterocycles. The first-order valence-corrected chi connectivity index (χ1v) is 5.15. The quantitative estimate of drug-likeness (QED) is 0.703. The van der Waals surface area contributed by atoms with Gasteiger partial charge in [0.2, 0.25) is 0 Å². The first-order chi connectivity index (χ1) is 6.63. The van der Waals surface area contributed by atoms with Gasteiger partial charge in [0, 0.05) is 6.92 Å². The zero-order valence-electron chi connectivity index (χ0n) is 9.16. The van der Waals surface area contributed by atoms with Gasteiger partial charge in [-0.1, -0.05) is 26.0 Å². The van der Waals surface area contributed by atoms with Gasteiger partial charge in [-0.25, -0.2) is 0 Å². The molecule has 0 saturated carbocycles. The van der Waals surface area contributed by atoms with Gasteiger partial charge in [0.1, 0.15) is 5.75 Å². The Labute approximate surface area is 87.1 Å². The smallest absolute Gasteiger partial charge is 0.119 e. The summed E-state index contributed by atoms with van der Waals surface area (Å²) in [5.74, 6) is 1.45. The van der Waals surface area contributed by atoms with Crippen LogP contribution in [0, 0.1) is 6.92 Å². The van der Waals surface area contributed by atoms with Crippen LogP contribution in [-0.2, 0) is 0 Å². The van der Waals surface area contributed by atoms with Gasteiger partial charge in [0.15, 0.2) is 0 Å². The van der Waals surface area contributed by atoms with E-state index in [9.17, 15) is 0 Å². The van der Waals surface area contributed by atoms with Crippen LogP contribution in [-0.4, -0.2) is 6.10 Å². The van der Waals surface area contributed by atoms with Crippen molar-refractivity contribution >= 4 is 0 Å². The molecule has 1 aromatic carbocycles. The molecule has 0 N–H and O–H groups in total. The third-order valence-electron chi connectivity index (χ3n) is 2.38. The van der Waals surface area contributed by atoms with E-state index in [0.717, 1.165) is 12.2 Å². The monoisotopic (exact) mass is 190 g/mol. The van der Waals surface area contributed by atoms with E-state index in [4.69, 9.17) is 11.7 Å². The van der Waals surface area contributed by atoms with E-state index in [0.29, 0.717) is 5.92 Å². The van der Waals surface area contributed by atoms with Gasteiger partial charge in [-0.2, -0.15) is 0 Å². The maximum atomic E-state index is 5.53. The van der Waals surface area contributed by atoms with E-state index in [1.165, 1.54) is 5.56 Å². The molecule has 1 rings (SSSR count). The highest BCUT2D eigenvalue weighted by Gasteiger charge is 2.03. The lowest BCUT2D eigenvalue weighted by atomic mass is 9.99. The van der Waals surface area contributed by atoms with Crippen LogP contribution in [0.5, 0.6) is 5.75 Å². The minimum atomic E-state index is -0.246. The third kappa shape index (κ3) is 3.06. The van der Waals surface area contributed by atoms with Crippen LogP contribution in [0.25, 0.3) is 0 Å². The number of hydrogen-bond donors (Lipinski definition) is 0. The third-order valence-corrected chi connectivity index (χ3v) is 2.38. The largest absolute Gasteiger partial charge is 0.490 e. The summed E-state index contributed by atoms with van der Waals surface area (Å²) in [4.78, 5) is 0. The predicted octanol–water partition coefficient (Wildman–Crippen LogP) is 3.68. The van der Waals surface area contributed by atoms with Gasteiger partial charge < -0.3 is 4.74 Å². The Kier molecular flexibility index (Phi) is 3.99. The van der Waals surface area contributed by atoms with E-state index in [1.54, 1.807) is 0 Å². The lowest BCUT2D eigenvalue weighted by Gasteiger charge is -2.12. The molecule has 1 heteroatoms. The minimum absolute atomic E-state index is 0.246. The van der Waals surface area contributed by atoms with Crippen molar-refractivity contribution in [1.82, 2.24) is 0 Å². The molecule has 0 amide bonds. The van der Waals surface area contributed by atoms with Crippen LogP contribution in [0.15, 0.2) is 24.3 Å². The summed E-state index contributed by atoms with van der Waals surface area (Å²) in [6, 6.07) is 8.16. The summed E-state index contributed by atoms with van der Waals surface area (Å²) >= 11 is 0. The van der Waals surface area contributed by atoms with E-state index in [-0.39, 0.29) is 6.10 Å². The zero-order valence-corrected chi connectivity index (χ0v) is 9.16. The molecule has 1 nitrogen and oxygen atoms in total. The van der Waals surface area contributed by atoms with Crippen molar-refractivity contribution in [2.75, 3.05) is 0 Å². The molecule has 0 heterocycles. The van der Waals surface area contributed by atoms with Crippen molar-refractivity contribution in [3.63, 3.8) is 0 Å². The van der Waals surface area contributed by atoms with Crippen LogP contribution in [0.4, 0.5) is 0 Å². The van der Waals surface area contributed by atoms with Crippen molar-refractivity contribution in [3.05, 3.63) is 36.8 Å². The number of rotatable bonds is 4. The fraction of sp³-hybridized carbons (Fsp3) is 0.462. The van der Waals surface area contributed by atoms with Crippen LogP contribution in [0.1, 0.15) is 38.7 Å². The van der Waals surface area contributed by atoms with Crippen molar-refractivity contribution in [1.29, 1.82) is 0 Å². The second kappa shape index (κ2) is 5.04. The maximum Gasteiger partial charge on any atom is 0.119 e. The fourth-order valence-electron chi connectivity index (χ4n) is 1.33. The van der Waals surface area contributed by atoms with Gasteiger partial charge in [0.25, 0.3) is 0 Å². The van der Waals surface area contributed by atoms with Crippen molar-refractivity contribution < 1.29 is 4.74 Å². The van der Waals surface area contributed by atoms with Crippen LogP contribution in [0.3, 0.4) is 0 Å². The summed E-state index contributed by atoms with van der Waals surface area (Å²) in [6.07, 6.45) is 0.914. The van der Waals surface area contributed by atoms with Gasteiger partial charge in [-0.3, -0.25) is 0 Å². The molecule has 76 valence electrons. The summed E-state index contributed by atoms with van der Waals surface area (Å²) in [7, 11) is 0. The van der Waals surface area contributed by atoms with Crippen molar-refractivity contribution in [2.24, 2.45) is 0 Å². The Bertz CT molecular complexity index is 261. The molecule has 0 bridgehead atoms. The standard InChI is InChI=1S/C13H18O/c1-5-11(4)12-6-8-13(9-7-12)14-10(2)3/h2,6-11H,5H2,1,3-4H3. The van der Waals surface area contributed by atoms with E-state index >= 15 is 0 Å². The summed E-state index contributed by atoms with van der Waals surface area (Å²) in [5, 5.41) is 0. The number of hydrogen-bond acceptors (Lipinski definition) is 1. The molecule has 0 aliphatic carbocycles. The Hall–Kier alpha value is -0.980. The van der Waals surface area contributed by atoms with E-state index < -0.39 is 0 Å². The lowest BCUT2D eigenvalue weighted by Crippen LogP contribution is -2.05. The van der Waals surface area contributed by atoms with Crippen molar-refractivity contribution in [3.8, 4) is 5.75 Å². The van der Waals surface area contributed by atoms with Gasteiger partial charge >= 0.3 is 0 Å². The summed E-state index contributed by atoms with van der Waals surface area (Å²) in [5.41, 5.74) is 1.35. The summed E-state index contributed by atoms with van der Waals surface area (Å²) < 4.78 is 5.36. The van der Waals surface area contributed by atoms with Crippen LogP contribution in [0.2, 0.25) is 0 Å². The number of benzene rings is 1. The van der Waals surface area contributed by atoms with Crippen molar-refractivity contribution in [2.45, 2.75) is 39.2 Å². The molecule has 14 heavy (non-hydrogen) atoms. The molecule has 2 radical (unpaired) electrons. The highest BCUT2D eigenvalue weighted by Crippen LogP contribution is 2.21. The molecular formula is C13H18O. The van der Waals surface area contributed by atoms with Gasteiger partial charge in [0.05, 0.1) is 6.10 Å². The molecule has 2 atom stereocenters. The molecule has 1 aromatic rings. The number of ether oxygens (including phenoxy) is 1. The van der Waals surface area contributed by atoms with Gasteiger partial charge in [-0.15, -0.1) is 0 Å². The predicted molar refractivity (Wildman–Crippen MR) is 59.5 cm³/mol. The Morgan fingerprint density at radius 3 is 2.21 bits per heavy atom. The average molecular weight is 190 g/mol. The average Bonchev–Trinajstić information content (AvgIpc) is 2.17. The first-order valence-electron chi connectivity index (χ1n) is 5.15. The van der Waals surface area contributed by atoms with Crippen LogP contribution < -0.4 is 4.74 Å². The molecular weight excluding hydrogens is 172 g/mol. The Balaban J connectivity index is 2.68. The fourth-order valence-corrected chi connectivity index (χ4v) is 1.33. The second-order valence-corrected chi connectivity index (χ2v) is 3.70. The highest BCUT2D eigenvalue weighted by molar-refractivity contribution is 5.29. The molecule has 2 unspecified atom stereocenters.